The fourth-order valence-electron chi connectivity index (χ4n) is 4.15. The number of nitrogens with zero attached hydrogens (tertiary/aromatic N) is 2. The summed E-state index contributed by atoms with van der Waals surface area (Å²) in [5.41, 5.74) is 4.11. The minimum absolute atomic E-state index is 0.637. The van der Waals surface area contributed by atoms with Gasteiger partial charge in [0.15, 0.2) is 5.75 Å². The van der Waals surface area contributed by atoms with Gasteiger partial charge in [-0.3, -0.25) is 4.90 Å². The van der Waals surface area contributed by atoms with Gasteiger partial charge in [0.2, 0.25) is 0 Å². The lowest BCUT2D eigenvalue weighted by Gasteiger charge is -2.37. The van der Waals surface area contributed by atoms with Crippen LogP contribution in [0.25, 0.3) is 10.1 Å². The molecule has 4 nitrogen and oxygen atoms in total. The largest absolute Gasteiger partial charge is 0.369 e. The lowest BCUT2D eigenvalue weighted by molar-refractivity contribution is -0.215. The predicted octanol–water partition coefficient (Wildman–Crippen LogP) is 4.13. The van der Waals surface area contributed by atoms with Crippen molar-refractivity contribution in [2.45, 2.75) is 12.8 Å². The highest BCUT2D eigenvalue weighted by Crippen LogP contribution is 2.33. The van der Waals surface area contributed by atoms with Crippen LogP contribution in [0.4, 0.5) is 5.69 Å². The normalized spacial score (nSPS) is 17.7. The van der Waals surface area contributed by atoms with Crippen LogP contribution in [-0.2, 0) is 17.7 Å². The molecular formula is C22H24N2O2S. The van der Waals surface area contributed by atoms with Crippen LogP contribution >= 0.6 is 11.3 Å². The van der Waals surface area contributed by atoms with Crippen LogP contribution in [0.2, 0.25) is 0 Å². The Morgan fingerprint density at radius 1 is 0.963 bits per heavy atom. The highest BCUT2D eigenvalue weighted by molar-refractivity contribution is 7.17. The Balaban J connectivity index is 1.21. The number of hydrogen-bond acceptors (Lipinski definition) is 5. The Labute approximate surface area is 163 Å². The lowest BCUT2D eigenvalue weighted by atomic mass is 10.1. The van der Waals surface area contributed by atoms with E-state index >= 15 is 0 Å². The van der Waals surface area contributed by atoms with Gasteiger partial charge in [-0.05, 0) is 40.9 Å². The molecule has 2 aliphatic rings. The van der Waals surface area contributed by atoms with Crippen molar-refractivity contribution in [3.63, 3.8) is 0 Å². The summed E-state index contributed by atoms with van der Waals surface area (Å²) in [5.74, 6) is 0.880. The SMILES string of the molecule is c1cc2c(c(N3CCN(CCc4csc5ccccc45)CC3)c1)CCOO2. The van der Waals surface area contributed by atoms with Crippen molar-refractivity contribution in [1.82, 2.24) is 4.90 Å². The Kier molecular flexibility index (Phi) is 4.74. The van der Waals surface area contributed by atoms with Crippen molar-refractivity contribution in [1.29, 1.82) is 0 Å². The molecule has 140 valence electrons. The maximum atomic E-state index is 5.35. The van der Waals surface area contributed by atoms with Crippen LogP contribution in [0.1, 0.15) is 11.1 Å². The molecule has 0 radical (unpaired) electrons. The predicted molar refractivity (Wildman–Crippen MR) is 111 cm³/mol. The average Bonchev–Trinajstić information content (AvgIpc) is 3.15. The van der Waals surface area contributed by atoms with Crippen LogP contribution in [-0.4, -0.2) is 44.2 Å². The number of anilines is 1. The first kappa shape index (κ1) is 17.0. The number of rotatable bonds is 4. The summed E-state index contributed by atoms with van der Waals surface area (Å²) in [6, 6.07) is 15.0. The summed E-state index contributed by atoms with van der Waals surface area (Å²) in [5, 5.41) is 3.76. The molecule has 1 saturated heterocycles. The fourth-order valence-corrected chi connectivity index (χ4v) is 5.14. The van der Waals surface area contributed by atoms with Crippen molar-refractivity contribution in [3.8, 4) is 5.75 Å². The maximum Gasteiger partial charge on any atom is 0.170 e. The Hall–Kier alpha value is -2.08. The molecule has 3 heterocycles. The van der Waals surface area contributed by atoms with Gasteiger partial charge in [0, 0.05) is 55.1 Å². The van der Waals surface area contributed by atoms with Gasteiger partial charge in [0.25, 0.3) is 0 Å². The van der Waals surface area contributed by atoms with Gasteiger partial charge in [0.05, 0.1) is 6.61 Å². The van der Waals surface area contributed by atoms with E-state index in [0.717, 1.165) is 51.3 Å². The van der Waals surface area contributed by atoms with E-state index in [2.05, 4.69) is 51.6 Å². The van der Waals surface area contributed by atoms with Crippen LogP contribution in [0.15, 0.2) is 47.8 Å². The summed E-state index contributed by atoms with van der Waals surface area (Å²) in [6.07, 6.45) is 2.06. The van der Waals surface area contributed by atoms with Crippen LogP contribution < -0.4 is 9.79 Å². The second-order valence-electron chi connectivity index (χ2n) is 7.24. The molecule has 5 heteroatoms. The number of piperazine rings is 1. The minimum Gasteiger partial charge on any atom is -0.369 e. The smallest absolute Gasteiger partial charge is 0.170 e. The van der Waals surface area contributed by atoms with Crippen LogP contribution in [0, 0.1) is 0 Å². The number of benzene rings is 2. The highest BCUT2D eigenvalue weighted by Gasteiger charge is 2.23. The monoisotopic (exact) mass is 380 g/mol. The topological polar surface area (TPSA) is 24.9 Å². The van der Waals surface area contributed by atoms with Crippen molar-refractivity contribution in [2.75, 3.05) is 44.2 Å². The van der Waals surface area contributed by atoms with Gasteiger partial charge in [-0.1, -0.05) is 24.3 Å². The third kappa shape index (κ3) is 3.43. The molecular weight excluding hydrogens is 356 g/mol. The molecule has 0 spiro atoms. The first-order valence-corrected chi connectivity index (χ1v) is 10.6. The molecule has 0 aliphatic carbocycles. The summed E-state index contributed by atoms with van der Waals surface area (Å²) in [4.78, 5) is 15.6. The third-order valence-corrected chi connectivity index (χ3v) is 6.68. The van der Waals surface area contributed by atoms with Crippen molar-refractivity contribution >= 4 is 27.1 Å². The molecule has 0 bridgehead atoms. The first-order valence-electron chi connectivity index (χ1n) is 9.72. The lowest BCUT2D eigenvalue weighted by Crippen LogP contribution is -2.47. The molecule has 27 heavy (non-hydrogen) atoms. The molecule has 0 amide bonds. The Bertz CT molecular complexity index is 931. The van der Waals surface area contributed by atoms with E-state index in [1.54, 1.807) is 0 Å². The van der Waals surface area contributed by atoms with Crippen LogP contribution in [0.3, 0.4) is 0 Å². The van der Waals surface area contributed by atoms with Gasteiger partial charge < -0.3 is 9.79 Å². The summed E-state index contributed by atoms with van der Waals surface area (Å²) in [7, 11) is 0. The van der Waals surface area contributed by atoms with Gasteiger partial charge in [-0.25, -0.2) is 0 Å². The van der Waals surface area contributed by atoms with E-state index in [1.165, 1.54) is 26.9 Å². The molecule has 0 unspecified atom stereocenters. The van der Waals surface area contributed by atoms with E-state index < -0.39 is 0 Å². The molecule has 5 rings (SSSR count). The fraction of sp³-hybridized carbons (Fsp3) is 0.364. The van der Waals surface area contributed by atoms with E-state index in [9.17, 15) is 0 Å². The first-order chi connectivity index (χ1) is 13.4. The molecule has 0 N–H and O–H groups in total. The Morgan fingerprint density at radius 3 is 2.78 bits per heavy atom. The minimum atomic E-state index is 0.637. The molecule has 0 atom stereocenters. The summed E-state index contributed by atoms with van der Waals surface area (Å²) in [6.45, 7) is 6.15. The zero-order valence-corrected chi connectivity index (χ0v) is 16.2. The standard InChI is InChI=1S/C22H24N2O2S/c1-2-7-22-18(4-1)17(16-27-22)8-10-23-11-13-24(14-12-23)20-5-3-6-21-19(20)9-15-25-26-21/h1-7,16H,8-15H2. The molecule has 3 aromatic rings. The molecule has 1 fully saturated rings. The number of fused-ring (bicyclic) bond motifs is 2. The maximum absolute atomic E-state index is 5.35. The van der Waals surface area contributed by atoms with Crippen LogP contribution in [0.5, 0.6) is 5.75 Å². The molecule has 0 saturated carbocycles. The highest BCUT2D eigenvalue weighted by atomic mass is 32.1. The number of hydrogen-bond donors (Lipinski definition) is 0. The van der Waals surface area contributed by atoms with Gasteiger partial charge in [-0.15, -0.1) is 11.3 Å². The van der Waals surface area contributed by atoms with E-state index in [0.29, 0.717) is 6.61 Å². The third-order valence-electron chi connectivity index (χ3n) is 5.66. The number of thiophene rings is 1. The van der Waals surface area contributed by atoms with Gasteiger partial charge >= 0.3 is 0 Å². The summed E-state index contributed by atoms with van der Waals surface area (Å²) < 4.78 is 1.40. The molecule has 1 aromatic heterocycles. The Morgan fingerprint density at radius 2 is 1.85 bits per heavy atom. The average molecular weight is 381 g/mol. The van der Waals surface area contributed by atoms with Gasteiger partial charge in [0.1, 0.15) is 0 Å². The molecule has 2 aliphatic heterocycles. The summed E-state index contributed by atoms with van der Waals surface area (Å²) >= 11 is 1.86. The van der Waals surface area contributed by atoms with Crippen molar-refractivity contribution in [3.05, 3.63) is 59.0 Å². The zero-order chi connectivity index (χ0) is 18.1. The van der Waals surface area contributed by atoms with Crippen molar-refractivity contribution in [2.24, 2.45) is 0 Å². The second-order valence-corrected chi connectivity index (χ2v) is 8.16. The van der Waals surface area contributed by atoms with E-state index in [4.69, 9.17) is 9.78 Å². The second kappa shape index (κ2) is 7.50. The quantitative estimate of drug-likeness (QED) is 0.636. The van der Waals surface area contributed by atoms with Crippen molar-refractivity contribution < 1.29 is 9.78 Å². The van der Waals surface area contributed by atoms with E-state index in [-0.39, 0.29) is 0 Å². The molecule has 2 aromatic carbocycles. The van der Waals surface area contributed by atoms with Gasteiger partial charge in [-0.2, -0.15) is 4.89 Å². The zero-order valence-electron chi connectivity index (χ0n) is 15.4. The van der Waals surface area contributed by atoms with E-state index in [1.807, 2.05) is 17.4 Å².